The number of pyridine rings is 1. The summed E-state index contributed by atoms with van der Waals surface area (Å²) in [6, 6.07) is 11.8. The van der Waals surface area contributed by atoms with E-state index in [1.165, 1.54) is 12.1 Å². The highest BCUT2D eigenvalue weighted by Crippen LogP contribution is 2.33. The number of likely N-dealkylation sites (tertiary alicyclic amines) is 1. The van der Waals surface area contributed by atoms with Crippen LogP contribution in [0.15, 0.2) is 54.9 Å². The number of carbonyl (C=O) groups excluding carboxylic acids is 1. The van der Waals surface area contributed by atoms with E-state index in [-0.39, 0.29) is 30.0 Å². The first-order valence-electron chi connectivity index (χ1n) is 9.66. The van der Waals surface area contributed by atoms with Gasteiger partial charge in [-0.1, -0.05) is 18.2 Å². The molecule has 0 spiro atoms. The van der Waals surface area contributed by atoms with E-state index in [0.717, 1.165) is 35.4 Å². The van der Waals surface area contributed by atoms with Crippen LogP contribution < -0.4 is 5.73 Å². The van der Waals surface area contributed by atoms with Gasteiger partial charge in [0.1, 0.15) is 5.82 Å². The smallest absolute Gasteiger partial charge is 0.228 e. The van der Waals surface area contributed by atoms with E-state index in [9.17, 15) is 9.18 Å². The van der Waals surface area contributed by atoms with Crippen molar-refractivity contribution in [3.63, 3.8) is 0 Å². The lowest BCUT2D eigenvalue weighted by molar-refractivity contribution is -0.131. The van der Waals surface area contributed by atoms with Gasteiger partial charge in [-0.2, -0.15) is 0 Å². The summed E-state index contributed by atoms with van der Waals surface area (Å²) in [5.41, 5.74) is 9.08. The maximum atomic E-state index is 13.3. The molecule has 1 atom stereocenters. The molecule has 1 fully saturated rings. The molecule has 1 aliphatic rings. The summed E-state index contributed by atoms with van der Waals surface area (Å²) >= 11 is 0. The van der Waals surface area contributed by atoms with E-state index in [1.807, 2.05) is 23.1 Å². The van der Waals surface area contributed by atoms with Crippen molar-refractivity contribution in [2.75, 3.05) is 18.8 Å². The summed E-state index contributed by atoms with van der Waals surface area (Å²) < 4.78 is 13.3. The lowest BCUT2D eigenvalue weighted by atomic mass is 9.89. The minimum absolute atomic E-state index is 0.0433. The molecule has 2 aromatic heterocycles. The fourth-order valence-electron chi connectivity index (χ4n) is 3.77. The van der Waals surface area contributed by atoms with E-state index in [2.05, 4.69) is 15.0 Å². The number of hydrogen-bond donors (Lipinski definition) is 1. The fourth-order valence-corrected chi connectivity index (χ4v) is 3.77. The number of anilines is 1. The van der Waals surface area contributed by atoms with Crippen LogP contribution in [0, 0.1) is 5.82 Å². The van der Waals surface area contributed by atoms with Gasteiger partial charge in [-0.05, 0) is 42.7 Å². The van der Waals surface area contributed by atoms with Crippen molar-refractivity contribution in [2.24, 2.45) is 0 Å². The summed E-state index contributed by atoms with van der Waals surface area (Å²) in [5.74, 6) is -0.000957. The first-order chi connectivity index (χ1) is 14.1. The molecule has 0 aliphatic carbocycles. The van der Waals surface area contributed by atoms with E-state index in [4.69, 9.17) is 5.73 Å². The Morgan fingerprint density at radius 1 is 1.17 bits per heavy atom. The number of halogens is 1. The minimum atomic E-state index is -0.296. The highest BCUT2D eigenvalue weighted by Gasteiger charge is 2.28. The Morgan fingerprint density at radius 2 is 2.00 bits per heavy atom. The van der Waals surface area contributed by atoms with E-state index in [0.29, 0.717) is 13.1 Å². The fraction of sp³-hybridized carbons (Fsp3) is 0.273. The Bertz CT molecular complexity index is 994. The quantitative estimate of drug-likeness (QED) is 0.738. The molecule has 0 bridgehead atoms. The van der Waals surface area contributed by atoms with Gasteiger partial charge < -0.3 is 10.6 Å². The Hall–Kier alpha value is -3.35. The van der Waals surface area contributed by atoms with Crippen LogP contribution >= 0.6 is 0 Å². The molecule has 3 aromatic rings. The predicted octanol–water partition coefficient (Wildman–Crippen LogP) is 3.21. The summed E-state index contributed by atoms with van der Waals surface area (Å²) in [7, 11) is 0. The molecule has 0 saturated carbocycles. The molecule has 2 N–H and O–H groups in total. The Morgan fingerprint density at radius 3 is 2.76 bits per heavy atom. The van der Waals surface area contributed by atoms with Crippen LogP contribution in [0.25, 0.3) is 11.1 Å². The van der Waals surface area contributed by atoms with Crippen molar-refractivity contribution in [3.05, 3.63) is 72.1 Å². The van der Waals surface area contributed by atoms with Crippen molar-refractivity contribution >= 4 is 11.9 Å². The number of rotatable bonds is 4. The van der Waals surface area contributed by atoms with Gasteiger partial charge in [-0.15, -0.1) is 0 Å². The zero-order valence-corrected chi connectivity index (χ0v) is 16.0. The molecule has 4 rings (SSSR count). The van der Waals surface area contributed by atoms with Crippen molar-refractivity contribution in [2.45, 2.75) is 25.2 Å². The number of piperidine rings is 1. The molecular formula is C22H22FN5O. The van der Waals surface area contributed by atoms with Crippen LogP contribution in [0.3, 0.4) is 0 Å². The molecule has 1 saturated heterocycles. The standard InChI is InChI=1S/C22H22FN5O/c23-17-8-6-15(7-9-17)19-13-26-22(24)27-21(19)16-4-3-11-28(14-16)20(29)12-18-5-1-2-10-25-18/h1-2,5-10,13,16H,3-4,11-12,14H2,(H2,24,26,27)/t16-/m1/s1. The number of benzene rings is 1. The first kappa shape index (κ1) is 19.0. The van der Waals surface area contributed by atoms with Crippen LogP contribution in [0.2, 0.25) is 0 Å². The molecule has 1 amide bonds. The van der Waals surface area contributed by atoms with E-state index < -0.39 is 0 Å². The number of nitrogen functional groups attached to an aromatic ring is 1. The minimum Gasteiger partial charge on any atom is -0.368 e. The molecule has 1 aromatic carbocycles. The Kier molecular flexibility index (Phi) is 5.46. The molecule has 7 heteroatoms. The van der Waals surface area contributed by atoms with Gasteiger partial charge in [-0.3, -0.25) is 9.78 Å². The van der Waals surface area contributed by atoms with Gasteiger partial charge in [0, 0.05) is 42.7 Å². The molecule has 0 radical (unpaired) electrons. The number of nitrogens with zero attached hydrogens (tertiary/aromatic N) is 4. The molecule has 3 heterocycles. The third kappa shape index (κ3) is 4.39. The topological polar surface area (TPSA) is 85.0 Å². The zero-order chi connectivity index (χ0) is 20.2. The second-order valence-corrected chi connectivity index (χ2v) is 7.21. The van der Waals surface area contributed by atoms with Crippen molar-refractivity contribution in [1.82, 2.24) is 19.9 Å². The van der Waals surface area contributed by atoms with Gasteiger partial charge in [0.05, 0.1) is 12.1 Å². The maximum Gasteiger partial charge on any atom is 0.228 e. The van der Waals surface area contributed by atoms with Crippen LogP contribution in [-0.2, 0) is 11.2 Å². The molecule has 148 valence electrons. The number of hydrogen-bond acceptors (Lipinski definition) is 5. The number of amides is 1. The summed E-state index contributed by atoms with van der Waals surface area (Å²) in [5, 5.41) is 0. The van der Waals surface area contributed by atoms with Crippen molar-refractivity contribution in [3.8, 4) is 11.1 Å². The molecule has 1 aliphatic heterocycles. The highest BCUT2D eigenvalue weighted by molar-refractivity contribution is 5.78. The SMILES string of the molecule is Nc1ncc(-c2ccc(F)cc2)c([C@@H]2CCCN(C(=O)Cc3ccccn3)C2)n1. The highest BCUT2D eigenvalue weighted by atomic mass is 19.1. The van der Waals surface area contributed by atoms with Crippen LogP contribution in [0.4, 0.5) is 10.3 Å². The first-order valence-corrected chi connectivity index (χ1v) is 9.66. The zero-order valence-electron chi connectivity index (χ0n) is 16.0. The maximum absolute atomic E-state index is 13.3. The van der Waals surface area contributed by atoms with Crippen molar-refractivity contribution < 1.29 is 9.18 Å². The summed E-state index contributed by atoms with van der Waals surface area (Å²) in [6.45, 7) is 1.28. The van der Waals surface area contributed by atoms with E-state index >= 15 is 0 Å². The Balaban J connectivity index is 1.57. The second kappa shape index (κ2) is 8.34. The van der Waals surface area contributed by atoms with E-state index in [1.54, 1.807) is 24.5 Å². The number of nitrogens with two attached hydrogens (primary N) is 1. The molecular weight excluding hydrogens is 369 g/mol. The van der Waals surface area contributed by atoms with Gasteiger partial charge in [-0.25, -0.2) is 14.4 Å². The predicted molar refractivity (Wildman–Crippen MR) is 108 cm³/mol. The van der Waals surface area contributed by atoms with Crippen molar-refractivity contribution in [1.29, 1.82) is 0 Å². The van der Waals surface area contributed by atoms with Gasteiger partial charge in [0.15, 0.2) is 0 Å². The molecule has 0 unspecified atom stereocenters. The van der Waals surface area contributed by atoms with Crippen LogP contribution in [0.1, 0.15) is 30.1 Å². The second-order valence-electron chi connectivity index (χ2n) is 7.21. The summed E-state index contributed by atoms with van der Waals surface area (Å²) in [6.07, 6.45) is 5.44. The van der Waals surface area contributed by atoms with Crippen LogP contribution in [-0.4, -0.2) is 38.8 Å². The Labute approximate surface area is 168 Å². The average molecular weight is 391 g/mol. The van der Waals surface area contributed by atoms with Gasteiger partial charge >= 0.3 is 0 Å². The van der Waals surface area contributed by atoms with Gasteiger partial charge in [0.25, 0.3) is 0 Å². The monoisotopic (exact) mass is 391 g/mol. The third-order valence-corrected chi connectivity index (χ3v) is 5.21. The molecule has 6 nitrogen and oxygen atoms in total. The van der Waals surface area contributed by atoms with Crippen LogP contribution in [0.5, 0.6) is 0 Å². The van der Waals surface area contributed by atoms with Gasteiger partial charge in [0.2, 0.25) is 11.9 Å². The summed E-state index contributed by atoms with van der Waals surface area (Å²) in [4.78, 5) is 27.5. The number of aromatic nitrogens is 3. The normalized spacial score (nSPS) is 16.6. The average Bonchev–Trinajstić information content (AvgIpc) is 2.75. The molecule has 29 heavy (non-hydrogen) atoms. The third-order valence-electron chi connectivity index (χ3n) is 5.21. The largest absolute Gasteiger partial charge is 0.368 e. The lowest BCUT2D eigenvalue weighted by Crippen LogP contribution is -2.40. The number of carbonyl (C=O) groups is 1. The lowest BCUT2D eigenvalue weighted by Gasteiger charge is -2.33.